The van der Waals surface area contributed by atoms with Gasteiger partial charge in [0, 0.05) is 0 Å². The van der Waals surface area contributed by atoms with Gasteiger partial charge >= 0.3 is 0 Å². The fourth-order valence-electron chi connectivity index (χ4n) is 2.38. The number of hydrogen-bond donors (Lipinski definition) is 0. The Bertz CT molecular complexity index is 280. The van der Waals surface area contributed by atoms with Gasteiger partial charge in [0.25, 0.3) is 0 Å². The van der Waals surface area contributed by atoms with Gasteiger partial charge in [-0.05, 0) is 26.7 Å². The Balaban J connectivity index is 2.28. The lowest BCUT2D eigenvalue weighted by molar-refractivity contribution is -0.128. The van der Waals surface area contributed by atoms with E-state index in [1.807, 2.05) is 6.92 Å². The number of hydrogen-bond acceptors (Lipinski definition) is 2. The second-order valence-electron chi connectivity index (χ2n) is 4.56. The van der Waals surface area contributed by atoms with Crippen LogP contribution in [0.5, 0.6) is 0 Å². The summed E-state index contributed by atoms with van der Waals surface area (Å²) in [6.07, 6.45) is 4.26. The second-order valence-corrected chi connectivity index (χ2v) is 4.56. The van der Waals surface area contributed by atoms with E-state index in [0.29, 0.717) is 0 Å². The summed E-state index contributed by atoms with van der Waals surface area (Å²) in [6.45, 7) is 5.83. The molecule has 2 nitrogen and oxygen atoms in total. The topological polar surface area (TPSA) is 26.3 Å². The van der Waals surface area contributed by atoms with Crippen molar-refractivity contribution < 1.29 is 9.53 Å². The summed E-state index contributed by atoms with van der Waals surface area (Å²) in [5.41, 5.74) is 1.13. The number of Topliss-reactive ketones (excluding diaryl/α,β-unsaturated/α-hetero) is 1. The first-order valence-corrected chi connectivity index (χ1v) is 4.86. The first-order valence-electron chi connectivity index (χ1n) is 4.86. The zero-order valence-corrected chi connectivity index (χ0v) is 8.46. The van der Waals surface area contributed by atoms with Crippen molar-refractivity contribution in [2.45, 2.75) is 45.8 Å². The van der Waals surface area contributed by atoms with Crippen LogP contribution in [0.4, 0.5) is 0 Å². The molecule has 2 heteroatoms. The highest BCUT2D eigenvalue weighted by Gasteiger charge is 2.49. The summed E-state index contributed by atoms with van der Waals surface area (Å²) in [7, 11) is 0. The minimum absolute atomic E-state index is 0.125. The largest absolute Gasteiger partial charge is 0.370 e. The molecule has 2 aliphatic rings. The van der Waals surface area contributed by atoms with Crippen molar-refractivity contribution in [1.82, 2.24) is 0 Å². The normalized spacial score (nSPS) is 43.2. The van der Waals surface area contributed by atoms with E-state index in [0.717, 1.165) is 12.8 Å². The van der Waals surface area contributed by atoms with Gasteiger partial charge in [-0.1, -0.05) is 18.6 Å². The van der Waals surface area contributed by atoms with Crippen molar-refractivity contribution in [2.75, 3.05) is 0 Å². The number of ketones is 1. The Morgan fingerprint density at radius 3 is 3.00 bits per heavy atom. The van der Waals surface area contributed by atoms with Crippen molar-refractivity contribution in [3.8, 4) is 0 Å². The van der Waals surface area contributed by atoms with E-state index in [2.05, 4.69) is 13.0 Å². The Morgan fingerprint density at radius 2 is 2.38 bits per heavy atom. The lowest BCUT2D eigenvalue weighted by atomic mass is 9.78. The third-order valence-electron chi connectivity index (χ3n) is 3.46. The highest BCUT2D eigenvalue weighted by molar-refractivity contribution is 5.83. The molecule has 72 valence electrons. The van der Waals surface area contributed by atoms with Gasteiger partial charge in [0.05, 0.1) is 17.6 Å². The molecular formula is C11H16O2. The maximum atomic E-state index is 11.5. The lowest BCUT2D eigenvalue weighted by Crippen LogP contribution is -2.34. The highest BCUT2D eigenvalue weighted by atomic mass is 16.5. The number of carbonyl (C=O) groups is 1. The van der Waals surface area contributed by atoms with Gasteiger partial charge in [-0.25, -0.2) is 0 Å². The fourth-order valence-corrected chi connectivity index (χ4v) is 2.38. The van der Waals surface area contributed by atoms with Gasteiger partial charge < -0.3 is 4.74 Å². The third-order valence-corrected chi connectivity index (χ3v) is 3.46. The van der Waals surface area contributed by atoms with Crippen LogP contribution in [0.1, 0.15) is 33.6 Å². The number of ether oxygens (including phenoxy) is 1. The Kier molecular flexibility index (Phi) is 1.84. The molecule has 0 aromatic rings. The first kappa shape index (κ1) is 8.95. The molecule has 3 atom stereocenters. The summed E-state index contributed by atoms with van der Waals surface area (Å²) in [5, 5.41) is 0. The molecule has 0 unspecified atom stereocenters. The van der Waals surface area contributed by atoms with Crippen LogP contribution >= 0.6 is 0 Å². The number of fused-ring (bicyclic) bond motifs is 2. The maximum absolute atomic E-state index is 11.5. The number of carbonyl (C=O) groups excluding carboxylic acids is 1. The molecule has 13 heavy (non-hydrogen) atoms. The molecule has 0 N–H and O–H groups in total. The van der Waals surface area contributed by atoms with E-state index >= 15 is 0 Å². The summed E-state index contributed by atoms with van der Waals surface area (Å²) >= 11 is 0. The van der Waals surface area contributed by atoms with Gasteiger partial charge in [-0.3, -0.25) is 4.79 Å². The summed E-state index contributed by atoms with van der Waals surface area (Å²) in [6, 6.07) is 0. The average molecular weight is 180 g/mol. The van der Waals surface area contributed by atoms with Crippen LogP contribution in [-0.2, 0) is 9.53 Å². The highest BCUT2D eigenvalue weighted by Crippen LogP contribution is 2.45. The SMILES string of the molecule is CC(=O)[C@]1(C)C[C@H]2C=C(C)C[C@@H]1O2. The van der Waals surface area contributed by atoms with Gasteiger partial charge in [-0.2, -0.15) is 0 Å². The van der Waals surface area contributed by atoms with E-state index in [-0.39, 0.29) is 23.4 Å². The van der Waals surface area contributed by atoms with E-state index < -0.39 is 0 Å². The van der Waals surface area contributed by atoms with Crippen LogP contribution in [0.15, 0.2) is 11.6 Å². The van der Waals surface area contributed by atoms with Crippen LogP contribution in [0.3, 0.4) is 0 Å². The van der Waals surface area contributed by atoms with Crippen molar-refractivity contribution >= 4 is 5.78 Å². The third kappa shape index (κ3) is 1.24. The van der Waals surface area contributed by atoms with Crippen molar-refractivity contribution in [2.24, 2.45) is 5.41 Å². The second kappa shape index (κ2) is 2.68. The molecule has 2 heterocycles. The van der Waals surface area contributed by atoms with Crippen LogP contribution in [0.2, 0.25) is 0 Å². The molecule has 0 amide bonds. The van der Waals surface area contributed by atoms with E-state index in [9.17, 15) is 4.79 Å². The number of rotatable bonds is 1. The molecule has 0 aliphatic carbocycles. The molecule has 0 spiro atoms. The summed E-state index contributed by atoms with van der Waals surface area (Å²) in [5.74, 6) is 0.267. The maximum Gasteiger partial charge on any atom is 0.138 e. The molecule has 2 rings (SSSR count). The van der Waals surface area contributed by atoms with Gasteiger partial charge in [0.1, 0.15) is 5.78 Å². The Hall–Kier alpha value is -0.630. The molecule has 1 saturated heterocycles. The van der Waals surface area contributed by atoms with E-state index in [4.69, 9.17) is 4.74 Å². The molecule has 0 aromatic carbocycles. The van der Waals surface area contributed by atoms with Crippen LogP contribution < -0.4 is 0 Å². The van der Waals surface area contributed by atoms with E-state index in [1.54, 1.807) is 6.92 Å². The Labute approximate surface area is 79.0 Å². The molecule has 2 aliphatic heterocycles. The summed E-state index contributed by atoms with van der Waals surface area (Å²) < 4.78 is 5.75. The zero-order chi connectivity index (χ0) is 9.64. The van der Waals surface area contributed by atoms with Gasteiger partial charge in [0.2, 0.25) is 0 Å². The standard InChI is InChI=1S/C11H16O2/c1-7-4-9-6-11(3,8(2)12)10(5-7)13-9/h4,9-10H,5-6H2,1-3H3/t9-,10+,11+/m1/s1. The molecule has 0 radical (unpaired) electrons. The average Bonchev–Trinajstić information content (AvgIpc) is 2.24. The molecule has 2 bridgehead atoms. The van der Waals surface area contributed by atoms with Crippen molar-refractivity contribution in [3.05, 3.63) is 11.6 Å². The fraction of sp³-hybridized carbons (Fsp3) is 0.727. The van der Waals surface area contributed by atoms with Crippen LogP contribution in [0.25, 0.3) is 0 Å². The molecular weight excluding hydrogens is 164 g/mol. The lowest BCUT2D eigenvalue weighted by Gasteiger charge is -2.27. The monoisotopic (exact) mass is 180 g/mol. The minimum atomic E-state index is -0.237. The quantitative estimate of drug-likeness (QED) is 0.577. The predicted octanol–water partition coefficient (Wildman–Crippen LogP) is 2.09. The summed E-state index contributed by atoms with van der Waals surface area (Å²) in [4.78, 5) is 11.5. The zero-order valence-electron chi connectivity index (χ0n) is 8.46. The van der Waals surface area contributed by atoms with Gasteiger partial charge in [-0.15, -0.1) is 0 Å². The molecule has 1 fully saturated rings. The Morgan fingerprint density at radius 1 is 1.69 bits per heavy atom. The van der Waals surface area contributed by atoms with E-state index in [1.165, 1.54) is 5.57 Å². The smallest absolute Gasteiger partial charge is 0.138 e. The molecule has 0 aromatic heterocycles. The van der Waals surface area contributed by atoms with Crippen molar-refractivity contribution in [3.63, 3.8) is 0 Å². The van der Waals surface area contributed by atoms with Crippen LogP contribution in [-0.4, -0.2) is 18.0 Å². The predicted molar refractivity (Wildman–Crippen MR) is 50.4 cm³/mol. The minimum Gasteiger partial charge on any atom is -0.370 e. The first-order chi connectivity index (χ1) is 6.02. The van der Waals surface area contributed by atoms with Gasteiger partial charge in [0.15, 0.2) is 0 Å². The van der Waals surface area contributed by atoms with Crippen molar-refractivity contribution in [1.29, 1.82) is 0 Å². The molecule has 0 saturated carbocycles. The van der Waals surface area contributed by atoms with Crippen LogP contribution in [0, 0.1) is 5.41 Å².